The van der Waals surface area contributed by atoms with Crippen molar-refractivity contribution in [2.24, 2.45) is 0 Å². The molecule has 1 aromatic carbocycles. The standard InChI is InChI=1S/C17H21F2NO5/c1-9(2)24-15-7-11(4-5-14(15)25-17(18)19)12-6-13(16(22)23)20(8-12)10(3)21/h4-5,7,9,12-13,17H,6,8H2,1-3H3,(H,22,23)/t12?,13-/m1/s1. The molecule has 1 unspecified atom stereocenters. The van der Waals surface area contributed by atoms with Crippen LogP contribution in [0.15, 0.2) is 18.2 Å². The van der Waals surface area contributed by atoms with Gasteiger partial charge in [-0.15, -0.1) is 0 Å². The third-order valence-electron chi connectivity index (χ3n) is 4.01. The molecule has 2 atom stereocenters. The highest BCUT2D eigenvalue weighted by atomic mass is 19.3. The molecular weight excluding hydrogens is 336 g/mol. The van der Waals surface area contributed by atoms with Crippen molar-refractivity contribution in [2.75, 3.05) is 6.54 Å². The van der Waals surface area contributed by atoms with Crippen LogP contribution >= 0.6 is 0 Å². The highest BCUT2D eigenvalue weighted by Crippen LogP contribution is 2.37. The van der Waals surface area contributed by atoms with Gasteiger partial charge in [-0.2, -0.15) is 8.78 Å². The van der Waals surface area contributed by atoms with Crippen LogP contribution in [0, 0.1) is 0 Å². The van der Waals surface area contributed by atoms with Crippen molar-refractivity contribution in [2.45, 2.75) is 51.9 Å². The number of amides is 1. The molecule has 0 radical (unpaired) electrons. The van der Waals surface area contributed by atoms with E-state index in [2.05, 4.69) is 4.74 Å². The number of benzene rings is 1. The minimum absolute atomic E-state index is 0.0799. The molecule has 2 rings (SSSR count). The summed E-state index contributed by atoms with van der Waals surface area (Å²) in [6.07, 6.45) is 0.00443. The van der Waals surface area contributed by atoms with Crippen molar-refractivity contribution in [3.05, 3.63) is 23.8 Å². The molecule has 1 saturated heterocycles. The zero-order valence-corrected chi connectivity index (χ0v) is 14.2. The van der Waals surface area contributed by atoms with E-state index < -0.39 is 18.6 Å². The molecule has 0 saturated carbocycles. The van der Waals surface area contributed by atoms with Gasteiger partial charge in [-0.3, -0.25) is 4.79 Å². The zero-order chi connectivity index (χ0) is 18.7. The summed E-state index contributed by atoms with van der Waals surface area (Å²) in [4.78, 5) is 24.3. The summed E-state index contributed by atoms with van der Waals surface area (Å²) >= 11 is 0. The fourth-order valence-corrected chi connectivity index (χ4v) is 2.98. The first-order valence-corrected chi connectivity index (χ1v) is 7.94. The predicted molar refractivity (Wildman–Crippen MR) is 85.0 cm³/mol. The lowest BCUT2D eigenvalue weighted by molar-refractivity contribution is -0.147. The average molecular weight is 357 g/mol. The maximum Gasteiger partial charge on any atom is 0.387 e. The van der Waals surface area contributed by atoms with Gasteiger partial charge < -0.3 is 19.5 Å². The third kappa shape index (κ3) is 4.58. The van der Waals surface area contributed by atoms with E-state index in [1.165, 1.54) is 17.9 Å². The van der Waals surface area contributed by atoms with Crippen LogP contribution in [-0.4, -0.2) is 47.2 Å². The summed E-state index contributed by atoms with van der Waals surface area (Å²) in [7, 11) is 0. The number of rotatable bonds is 6. The average Bonchev–Trinajstić information content (AvgIpc) is 2.93. The summed E-state index contributed by atoms with van der Waals surface area (Å²) in [6, 6.07) is 3.66. The molecule has 25 heavy (non-hydrogen) atoms. The Morgan fingerprint density at radius 3 is 2.40 bits per heavy atom. The van der Waals surface area contributed by atoms with Crippen molar-refractivity contribution < 1.29 is 33.0 Å². The molecule has 0 spiro atoms. The molecule has 1 aromatic rings. The topological polar surface area (TPSA) is 76.1 Å². The summed E-state index contributed by atoms with van der Waals surface area (Å²) in [5.74, 6) is -1.51. The Morgan fingerprint density at radius 2 is 1.92 bits per heavy atom. The van der Waals surface area contributed by atoms with Crippen LogP contribution in [-0.2, 0) is 9.59 Å². The Kier molecular flexibility index (Phi) is 5.81. The van der Waals surface area contributed by atoms with Gasteiger partial charge in [0.2, 0.25) is 5.91 Å². The van der Waals surface area contributed by atoms with Gasteiger partial charge in [0, 0.05) is 19.4 Å². The van der Waals surface area contributed by atoms with Crippen molar-refractivity contribution >= 4 is 11.9 Å². The highest BCUT2D eigenvalue weighted by molar-refractivity contribution is 5.83. The first-order valence-electron chi connectivity index (χ1n) is 7.94. The van der Waals surface area contributed by atoms with Crippen LogP contribution in [0.5, 0.6) is 11.5 Å². The summed E-state index contributed by atoms with van der Waals surface area (Å²) < 4.78 is 35.1. The molecule has 1 aliphatic rings. The van der Waals surface area contributed by atoms with Crippen LogP contribution < -0.4 is 9.47 Å². The number of carboxylic acid groups (broad SMARTS) is 1. The molecule has 1 heterocycles. The van der Waals surface area contributed by atoms with Gasteiger partial charge in [0.25, 0.3) is 0 Å². The minimum Gasteiger partial charge on any atom is -0.487 e. The molecule has 1 aliphatic heterocycles. The second-order valence-electron chi connectivity index (χ2n) is 6.21. The number of nitrogens with zero attached hydrogens (tertiary/aromatic N) is 1. The molecule has 1 N–H and O–H groups in total. The van der Waals surface area contributed by atoms with Gasteiger partial charge in [-0.25, -0.2) is 4.79 Å². The molecule has 138 valence electrons. The SMILES string of the molecule is CC(=O)N1CC(c2ccc(OC(F)F)c(OC(C)C)c2)C[C@@H]1C(=O)O. The molecule has 1 amide bonds. The van der Waals surface area contributed by atoms with E-state index in [-0.39, 0.29) is 42.4 Å². The quantitative estimate of drug-likeness (QED) is 0.847. The van der Waals surface area contributed by atoms with E-state index in [1.54, 1.807) is 26.0 Å². The van der Waals surface area contributed by atoms with E-state index in [4.69, 9.17) is 4.74 Å². The van der Waals surface area contributed by atoms with E-state index in [9.17, 15) is 23.5 Å². The van der Waals surface area contributed by atoms with Crippen molar-refractivity contribution in [3.63, 3.8) is 0 Å². The normalized spacial score (nSPS) is 20.2. The Morgan fingerprint density at radius 1 is 1.24 bits per heavy atom. The van der Waals surface area contributed by atoms with Crippen LogP contribution in [0.2, 0.25) is 0 Å². The van der Waals surface area contributed by atoms with Crippen LogP contribution in [0.4, 0.5) is 8.78 Å². The third-order valence-corrected chi connectivity index (χ3v) is 4.01. The Labute approximate surface area is 144 Å². The lowest BCUT2D eigenvalue weighted by Crippen LogP contribution is -2.39. The molecule has 8 heteroatoms. The number of carbonyl (C=O) groups is 2. The molecule has 0 aromatic heterocycles. The van der Waals surface area contributed by atoms with Gasteiger partial charge in [-0.1, -0.05) is 6.07 Å². The molecule has 0 bridgehead atoms. The molecule has 1 fully saturated rings. The lowest BCUT2D eigenvalue weighted by Gasteiger charge is -2.19. The number of aliphatic carboxylic acids is 1. The fraction of sp³-hybridized carbons (Fsp3) is 0.529. The molecule has 6 nitrogen and oxygen atoms in total. The second kappa shape index (κ2) is 7.67. The van der Waals surface area contributed by atoms with Crippen molar-refractivity contribution in [1.82, 2.24) is 4.90 Å². The van der Waals surface area contributed by atoms with E-state index in [0.717, 1.165) is 0 Å². The number of hydrogen-bond acceptors (Lipinski definition) is 4. The Bertz CT molecular complexity index is 628. The number of ether oxygens (including phenoxy) is 2. The van der Waals surface area contributed by atoms with Crippen LogP contribution in [0.1, 0.15) is 38.7 Å². The largest absolute Gasteiger partial charge is 0.487 e. The summed E-state index contributed by atoms with van der Waals surface area (Å²) in [6.45, 7) is 2.11. The number of halogens is 2. The smallest absolute Gasteiger partial charge is 0.387 e. The number of hydrogen-bond donors (Lipinski definition) is 1. The zero-order valence-electron chi connectivity index (χ0n) is 14.2. The number of carboxylic acids is 1. The summed E-state index contributed by atoms with van der Waals surface area (Å²) in [5, 5.41) is 9.29. The van der Waals surface area contributed by atoms with E-state index in [0.29, 0.717) is 5.56 Å². The monoisotopic (exact) mass is 357 g/mol. The number of likely N-dealkylation sites (tertiary alicyclic amines) is 1. The number of alkyl halides is 2. The van der Waals surface area contributed by atoms with Gasteiger partial charge in [0.05, 0.1) is 6.10 Å². The Hall–Kier alpha value is -2.38. The Balaban J connectivity index is 2.30. The first-order chi connectivity index (χ1) is 11.7. The van der Waals surface area contributed by atoms with Gasteiger partial charge in [-0.05, 0) is 38.0 Å². The van der Waals surface area contributed by atoms with Crippen molar-refractivity contribution in [3.8, 4) is 11.5 Å². The summed E-state index contributed by atoms with van der Waals surface area (Å²) in [5.41, 5.74) is 0.715. The first kappa shape index (κ1) is 19.0. The van der Waals surface area contributed by atoms with Gasteiger partial charge in [0.15, 0.2) is 11.5 Å². The maximum atomic E-state index is 12.5. The lowest BCUT2D eigenvalue weighted by atomic mass is 9.96. The maximum absolute atomic E-state index is 12.5. The molecule has 0 aliphatic carbocycles. The van der Waals surface area contributed by atoms with Gasteiger partial charge >= 0.3 is 12.6 Å². The fourth-order valence-electron chi connectivity index (χ4n) is 2.98. The van der Waals surface area contributed by atoms with E-state index in [1.807, 2.05) is 0 Å². The molecular formula is C17H21F2NO5. The number of carbonyl (C=O) groups excluding carboxylic acids is 1. The van der Waals surface area contributed by atoms with Crippen LogP contribution in [0.3, 0.4) is 0 Å². The van der Waals surface area contributed by atoms with Crippen LogP contribution in [0.25, 0.3) is 0 Å². The second-order valence-corrected chi connectivity index (χ2v) is 6.21. The minimum atomic E-state index is -2.98. The van der Waals surface area contributed by atoms with E-state index >= 15 is 0 Å². The highest BCUT2D eigenvalue weighted by Gasteiger charge is 2.39. The van der Waals surface area contributed by atoms with Gasteiger partial charge in [0.1, 0.15) is 6.04 Å². The van der Waals surface area contributed by atoms with Crippen molar-refractivity contribution in [1.29, 1.82) is 0 Å². The predicted octanol–water partition coefficient (Wildman–Crippen LogP) is 2.86.